The van der Waals surface area contributed by atoms with Gasteiger partial charge in [-0.1, -0.05) is 11.2 Å². The molecule has 0 saturated carbocycles. The van der Waals surface area contributed by atoms with Crippen molar-refractivity contribution in [3.63, 3.8) is 0 Å². The Bertz CT molecular complexity index is 799. The van der Waals surface area contributed by atoms with Gasteiger partial charge in [0.2, 0.25) is 5.82 Å². The summed E-state index contributed by atoms with van der Waals surface area (Å²) in [5.74, 6) is -0.763. The van der Waals surface area contributed by atoms with Gasteiger partial charge in [0.05, 0.1) is 10.0 Å². The highest BCUT2D eigenvalue weighted by Crippen LogP contribution is 2.30. The Kier molecular flexibility index (Phi) is 3.42. The van der Waals surface area contributed by atoms with Crippen molar-refractivity contribution in [2.45, 2.75) is 0 Å². The summed E-state index contributed by atoms with van der Waals surface area (Å²) in [6.07, 6.45) is 0. The average molecular weight is 352 g/mol. The number of nitrogens with two attached hydrogens (primary N) is 1. The zero-order chi connectivity index (χ0) is 15.0. The van der Waals surface area contributed by atoms with E-state index in [-0.39, 0.29) is 27.4 Å². The first-order chi connectivity index (χ1) is 10.1. The highest BCUT2D eigenvalue weighted by Gasteiger charge is 2.17. The first-order valence-corrected chi connectivity index (χ1v) is 6.69. The normalized spacial score (nSPS) is 10.8. The van der Waals surface area contributed by atoms with Crippen molar-refractivity contribution in [2.75, 3.05) is 5.73 Å². The molecule has 2 aromatic carbocycles. The Morgan fingerprint density at radius 3 is 2.62 bits per heavy atom. The maximum atomic E-state index is 13.8. The van der Waals surface area contributed by atoms with E-state index in [1.165, 1.54) is 36.4 Å². The van der Waals surface area contributed by atoms with Gasteiger partial charge in [-0.2, -0.15) is 4.98 Å². The predicted molar refractivity (Wildman–Crippen MR) is 77.2 cm³/mol. The fraction of sp³-hybridized carbons (Fsp3) is 0. The molecule has 0 radical (unpaired) electrons. The molecule has 21 heavy (non-hydrogen) atoms. The van der Waals surface area contributed by atoms with Crippen LogP contribution in [-0.2, 0) is 0 Å². The highest BCUT2D eigenvalue weighted by molar-refractivity contribution is 9.10. The lowest BCUT2D eigenvalue weighted by atomic mass is 10.1. The summed E-state index contributed by atoms with van der Waals surface area (Å²) < 4.78 is 32.3. The average Bonchev–Trinajstić information content (AvgIpc) is 2.91. The van der Waals surface area contributed by atoms with Gasteiger partial charge in [-0.15, -0.1) is 0 Å². The minimum atomic E-state index is -0.550. The van der Waals surface area contributed by atoms with Crippen molar-refractivity contribution >= 4 is 21.6 Å². The predicted octanol–water partition coefficient (Wildman–Crippen LogP) is 4.03. The SMILES string of the molecule is Nc1cccc(F)c1-c1nc(-c2ccc(F)c(Br)c2)no1. The van der Waals surface area contributed by atoms with Gasteiger partial charge in [0.15, 0.2) is 0 Å². The van der Waals surface area contributed by atoms with E-state index in [0.29, 0.717) is 5.56 Å². The van der Waals surface area contributed by atoms with Crippen LogP contribution < -0.4 is 5.73 Å². The highest BCUT2D eigenvalue weighted by atomic mass is 79.9. The van der Waals surface area contributed by atoms with Crippen molar-refractivity contribution < 1.29 is 13.3 Å². The Hall–Kier alpha value is -2.28. The fourth-order valence-corrected chi connectivity index (χ4v) is 2.22. The minimum absolute atomic E-state index is 0.0268. The van der Waals surface area contributed by atoms with Crippen LogP contribution in [0.15, 0.2) is 45.4 Å². The van der Waals surface area contributed by atoms with Gasteiger partial charge in [0.25, 0.3) is 5.89 Å². The molecule has 0 aliphatic carbocycles. The van der Waals surface area contributed by atoms with Crippen LogP contribution in [-0.4, -0.2) is 10.1 Å². The third-order valence-electron chi connectivity index (χ3n) is 2.86. The molecular formula is C14H8BrF2N3O. The summed E-state index contributed by atoms with van der Waals surface area (Å²) in [7, 11) is 0. The molecule has 0 unspecified atom stereocenters. The molecule has 0 atom stereocenters. The van der Waals surface area contributed by atoms with Crippen molar-refractivity contribution in [1.29, 1.82) is 0 Å². The van der Waals surface area contributed by atoms with Crippen LogP contribution in [0.3, 0.4) is 0 Å². The van der Waals surface area contributed by atoms with E-state index < -0.39 is 11.6 Å². The number of nitrogen functional groups attached to an aromatic ring is 1. The third kappa shape index (κ3) is 2.52. The van der Waals surface area contributed by atoms with Gasteiger partial charge in [-0.3, -0.25) is 0 Å². The molecule has 2 N–H and O–H groups in total. The molecule has 3 rings (SSSR count). The first kappa shape index (κ1) is 13.7. The second kappa shape index (κ2) is 5.25. The topological polar surface area (TPSA) is 64.9 Å². The quantitative estimate of drug-likeness (QED) is 0.708. The third-order valence-corrected chi connectivity index (χ3v) is 3.47. The van der Waals surface area contributed by atoms with E-state index in [9.17, 15) is 8.78 Å². The molecule has 7 heteroatoms. The number of halogens is 3. The Balaban J connectivity index is 2.06. The molecule has 3 aromatic rings. The maximum absolute atomic E-state index is 13.8. The van der Waals surface area contributed by atoms with Crippen LogP contribution in [0.25, 0.3) is 22.8 Å². The molecule has 1 aromatic heterocycles. The van der Waals surface area contributed by atoms with E-state index in [1.54, 1.807) is 0 Å². The van der Waals surface area contributed by atoms with Crippen molar-refractivity contribution in [1.82, 2.24) is 10.1 Å². The van der Waals surface area contributed by atoms with Crippen LogP contribution >= 0.6 is 15.9 Å². The Morgan fingerprint density at radius 2 is 1.90 bits per heavy atom. The minimum Gasteiger partial charge on any atom is -0.398 e. The van der Waals surface area contributed by atoms with Gasteiger partial charge in [-0.05, 0) is 46.3 Å². The van der Waals surface area contributed by atoms with Gasteiger partial charge in [-0.25, -0.2) is 8.78 Å². The lowest BCUT2D eigenvalue weighted by molar-refractivity contribution is 0.430. The summed E-state index contributed by atoms with van der Waals surface area (Å²) in [4.78, 5) is 4.10. The molecule has 0 bridgehead atoms. The number of benzene rings is 2. The number of rotatable bonds is 2. The standard InChI is InChI=1S/C14H8BrF2N3O/c15-8-6-7(4-5-9(8)16)13-19-14(21-20-13)12-10(17)2-1-3-11(12)18/h1-6H,18H2. The first-order valence-electron chi connectivity index (χ1n) is 5.90. The van der Waals surface area contributed by atoms with E-state index in [2.05, 4.69) is 26.1 Å². The van der Waals surface area contributed by atoms with Gasteiger partial charge < -0.3 is 10.3 Å². The summed E-state index contributed by atoms with van der Waals surface area (Å²) in [5, 5.41) is 3.76. The van der Waals surface area contributed by atoms with Crippen molar-refractivity contribution in [3.8, 4) is 22.8 Å². The molecule has 106 valence electrons. The number of hydrogen-bond acceptors (Lipinski definition) is 4. The molecular weight excluding hydrogens is 344 g/mol. The molecule has 4 nitrogen and oxygen atoms in total. The Morgan fingerprint density at radius 1 is 1.10 bits per heavy atom. The van der Waals surface area contributed by atoms with Gasteiger partial charge in [0.1, 0.15) is 11.6 Å². The summed E-state index contributed by atoms with van der Waals surface area (Å²) in [5.41, 5.74) is 6.51. The molecule has 0 spiro atoms. The van der Waals surface area contributed by atoms with Gasteiger partial charge in [0, 0.05) is 11.3 Å². The zero-order valence-corrected chi connectivity index (χ0v) is 12.1. The lowest BCUT2D eigenvalue weighted by Gasteiger charge is -2.00. The number of nitrogens with zero attached hydrogens (tertiary/aromatic N) is 2. The van der Waals surface area contributed by atoms with E-state index in [1.807, 2.05) is 0 Å². The van der Waals surface area contributed by atoms with Crippen LogP contribution in [0, 0.1) is 11.6 Å². The van der Waals surface area contributed by atoms with Crippen molar-refractivity contribution in [2.24, 2.45) is 0 Å². The lowest BCUT2D eigenvalue weighted by Crippen LogP contribution is -1.93. The van der Waals surface area contributed by atoms with Crippen LogP contribution in [0.2, 0.25) is 0 Å². The molecule has 0 aliphatic heterocycles. The fourth-order valence-electron chi connectivity index (χ4n) is 1.84. The van der Waals surface area contributed by atoms with Crippen molar-refractivity contribution in [3.05, 3.63) is 52.5 Å². The summed E-state index contributed by atoms with van der Waals surface area (Å²) in [6, 6.07) is 8.56. The zero-order valence-electron chi connectivity index (χ0n) is 10.5. The Labute approximate surface area is 126 Å². The summed E-state index contributed by atoms with van der Waals surface area (Å²) >= 11 is 3.08. The number of hydrogen-bond donors (Lipinski definition) is 1. The second-order valence-corrected chi connectivity index (χ2v) is 5.11. The molecule has 0 aliphatic rings. The molecule has 0 saturated heterocycles. The molecule has 1 heterocycles. The summed E-state index contributed by atoms with van der Waals surface area (Å²) in [6.45, 7) is 0. The number of aromatic nitrogens is 2. The van der Waals surface area contributed by atoms with E-state index in [4.69, 9.17) is 10.3 Å². The van der Waals surface area contributed by atoms with Crippen LogP contribution in [0.1, 0.15) is 0 Å². The van der Waals surface area contributed by atoms with Crippen LogP contribution in [0.4, 0.5) is 14.5 Å². The monoisotopic (exact) mass is 351 g/mol. The second-order valence-electron chi connectivity index (χ2n) is 4.26. The molecule has 0 amide bonds. The number of anilines is 1. The maximum Gasteiger partial charge on any atom is 0.263 e. The van der Waals surface area contributed by atoms with E-state index in [0.717, 1.165) is 0 Å². The smallest absolute Gasteiger partial charge is 0.263 e. The molecule has 0 fully saturated rings. The van der Waals surface area contributed by atoms with Crippen LogP contribution in [0.5, 0.6) is 0 Å². The van der Waals surface area contributed by atoms with Gasteiger partial charge >= 0.3 is 0 Å². The largest absolute Gasteiger partial charge is 0.398 e. The van der Waals surface area contributed by atoms with E-state index >= 15 is 0 Å².